The van der Waals surface area contributed by atoms with Crippen LogP contribution >= 0.6 is 0 Å². The molecule has 3 rings (SSSR count). The van der Waals surface area contributed by atoms with Crippen LogP contribution in [0.1, 0.15) is 25.3 Å². The van der Waals surface area contributed by atoms with Gasteiger partial charge in [-0.15, -0.1) is 0 Å². The van der Waals surface area contributed by atoms with Crippen LogP contribution in [0.25, 0.3) is 0 Å². The fraction of sp³-hybridized carbons (Fsp3) is 0.647. The molecule has 0 aromatic heterocycles. The summed E-state index contributed by atoms with van der Waals surface area (Å²) >= 11 is 0. The number of ether oxygens (including phenoxy) is 4. The first-order valence-corrected chi connectivity index (χ1v) is 8.22. The van der Waals surface area contributed by atoms with E-state index in [9.17, 15) is 0 Å². The highest BCUT2D eigenvalue weighted by Gasteiger charge is 2.17. The normalized spacial score (nSPS) is 17.7. The molecule has 1 aromatic carbocycles. The van der Waals surface area contributed by atoms with E-state index < -0.39 is 0 Å². The van der Waals surface area contributed by atoms with Crippen LogP contribution in [-0.2, 0) is 11.2 Å². The molecule has 0 atom stereocenters. The third-order valence-electron chi connectivity index (χ3n) is 4.17. The molecule has 0 amide bonds. The molecule has 0 aliphatic carbocycles. The molecular weight excluding hydrogens is 282 g/mol. The maximum atomic E-state index is 5.96. The summed E-state index contributed by atoms with van der Waals surface area (Å²) in [7, 11) is 0. The van der Waals surface area contributed by atoms with Crippen molar-refractivity contribution in [3.05, 3.63) is 17.7 Å². The Balaban J connectivity index is 1.43. The molecule has 1 saturated heterocycles. The largest absolute Gasteiger partial charge is 0.493 e. The third kappa shape index (κ3) is 3.84. The van der Waals surface area contributed by atoms with Crippen molar-refractivity contribution in [3.8, 4) is 17.2 Å². The molecule has 22 heavy (non-hydrogen) atoms. The Morgan fingerprint density at radius 3 is 2.64 bits per heavy atom. The zero-order chi connectivity index (χ0) is 15.2. The summed E-state index contributed by atoms with van der Waals surface area (Å²) in [6.45, 7) is 8.17. The number of rotatable bonds is 7. The Bertz CT molecular complexity index is 486. The topological polar surface area (TPSA) is 40.2 Å². The minimum Gasteiger partial charge on any atom is -0.493 e. The Kier molecular flexibility index (Phi) is 5.40. The van der Waals surface area contributed by atoms with Gasteiger partial charge < -0.3 is 18.9 Å². The Morgan fingerprint density at radius 1 is 1.09 bits per heavy atom. The molecule has 0 saturated carbocycles. The number of aryl methyl sites for hydroxylation is 1. The molecule has 0 unspecified atom stereocenters. The van der Waals surface area contributed by atoms with Gasteiger partial charge in [0.25, 0.3) is 0 Å². The van der Waals surface area contributed by atoms with Gasteiger partial charge >= 0.3 is 0 Å². The van der Waals surface area contributed by atoms with E-state index >= 15 is 0 Å². The monoisotopic (exact) mass is 307 g/mol. The highest BCUT2D eigenvalue weighted by Crippen LogP contribution is 2.38. The van der Waals surface area contributed by atoms with E-state index in [1.807, 2.05) is 12.1 Å². The molecule has 0 bridgehead atoms. The van der Waals surface area contributed by atoms with E-state index in [2.05, 4.69) is 11.8 Å². The van der Waals surface area contributed by atoms with Crippen molar-refractivity contribution in [2.24, 2.45) is 0 Å². The second-order valence-electron chi connectivity index (χ2n) is 5.68. The van der Waals surface area contributed by atoms with Gasteiger partial charge in [0.2, 0.25) is 6.79 Å². The molecule has 1 aromatic rings. The highest BCUT2D eigenvalue weighted by molar-refractivity contribution is 5.51. The first-order valence-electron chi connectivity index (χ1n) is 8.22. The van der Waals surface area contributed by atoms with Crippen molar-refractivity contribution in [1.29, 1.82) is 0 Å². The molecule has 1 fully saturated rings. The van der Waals surface area contributed by atoms with E-state index in [0.717, 1.165) is 76.0 Å². The van der Waals surface area contributed by atoms with Crippen LogP contribution in [0.2, 0.25) is 0 Å². The Labute approximate surface area is 132 Å². The van der Waals surface area contributed by atoms with Gasteiger partial charge in [-0.3, -0.25) is 4.90 Å². The number of morpholine rings is 1. The summed E-state index contributed by atoms with van der Waals surface area (Å²) < 4.78 is 22.2. The van der Waals surface area contributed by atoms with Crippen LogP contribution < -0.4 is 14.2 Å². The lowest BCUT2D eigenvalue weighted by Gasteiger charge is -2.26. The minimum absolute atomic E-state index is 0.307. The molecule has 0 radical (unpaired) electrons. The number of hydrogen-bond acceptors (Lipinski definition) is 5. The zero-order valence-corrected chi connectivity index (χ0v) is 13.3. The zero-order valence-electron chi connectivity index (χ0n) is 13.3. The maximum Gasteiger partial charge on any atom is 0.231 e. The minimum atomic E-state index is 0.307. The average Bonchev–Trinajstić information content (AvgIpc) is 3.02. The van der Waals surface area contributed by atoms with Crippen molar-refractivity contribution < 1.29 is 18.9 Å². The summed E-state index contributed by atoms with van der Waals surface area (Å²) in [6.07, 6.45) is 3.15. The van der Waals surface area contributed by atoms with E-state index in [1.54, 1.807) is 0 Å². The molecule has 0 spiro atoms. The molecule has 0 N–H and O–H groups in total. The average molecular weight is 307 g/mol. The molecule has 122 valence electrons. The molecule has 2 aliphatic heterocycles. The van der Waals surface area contributed by atoms with Crippen molar-refractivity contribution in [2.75, 3.05) is 46.2 Å². The van der Waals surface area contributed by atoms with Gasteiger partial charge in [-0.05, 0) is 37.4 Å². The summed E-state index contributed by atoms with van der Waals surface area (Å²) in [5.41, 5.74) is 1.18. The smallest absolute Gasteiger partial charge is 0.231 e. The van der Waals surface area contributed by atoms with Gasteiger partial charge in [0.05, 0.1) is 19.8 Å². The van der Waals surface area contributed by atoms with Crippen LogP contribution in [0.3, 0.4) is 0 Å². The lowest BCUT2D eigenvalue weighted by atomic mass is 10.1. The predicted molar refractivity (Wildman–Crippen MR) is 83.9 cm³/mol. The van der Waals surface area contributed by atoms with E-state index in [4.69, 9.17) is 18.9 Å². The van der Waals surface area contributed by atoms with Crippen LogP contribution in [-0.4, -0.2) is 51.1 Å². The number of unbranched alkanes of at least 4 members (excludes halogenated alkanes) is 1. The van der Waals surface area contributed by atoms with Gasteiger partial charge in [-0.1, -0.05) is 6.92 Å². The Morgan fingerprint density at radius 2 is 1.86 bits per heavy atom. The number of fused-ring (bicyclic) bond motifs is 1. The predicted octanol–water partition coefficient (Wildman–Crippen LogP) is 2.47. The number of benzene rings is 1. The van der Waals surface area contributed by atoms with Crippen LogP contribution in [0.15, 0.2) is 12.1 Å². The fourth-order valence-electron chi connectivity index (χ4n) is 2.82. The summed E-state index contributed by atoms with van der Waals surface area (Å²) in [4.78, 5) is 2.46. The molecule has 2 heterocycles. The third-order valence-corrected chi connectivity index (χ3v) is 4.17. The van der Waals surface area contributed by atoms with E-state index in [-0.39, 0.29) is 0 Å². The fourth-order valence-corrected chi connectivity index (χ4v) is 2.82. The van der Waals surface area contributed by atoms with Crippen LogP contribution in [0, 0.1) is 0 Å². The quantitative estimate of drug-likeness (QED) is 0.724. The van der Waals surface area contributed by atoms with Crippen molar-refractivity contribution >= 4 is 0 Å². The molecule has 5 nitrogen and oxygen atoms in total. The molecule has 2 aliphatic rings. The van der Waals surface area contributed by atoms with E-state index in [1.165, 1.54) is 5.56 Å². The van der Waals surface area contributed by atoms with Crippen molar-refractivity contribution in [1.82, 2.24) is 4.90 Å². The van der Waals surface area contributed by atoms with Crippen LogP contribution in [0.5, 0.6) is 17.2 Å². The summed E-state index contributed by atoms with van der Waals surface area (Å²) in [5.74, 6) is 2.55. The first-order chi connectivity index (χ1) is 10.9. The Hall–Kier alpha value is -1.46. The number of hydrogen-bond donors (Lipinski definition) is 0. The first kappa shape index (κ1) is 15.4. The maximum absolute atomic E-state index is 5.96. The lowest BCUT2D eigenvalue weighted by Crippen LogP contribution is -2.36. The standard InChI is InChI=1S/C17H25NO4/c1-2-14-11-16-17(22-13-21-16)12-15(14)20-8-4-3-5-18-6-9-19-10-7-18/h11-12H,2-10,13H2,1H3. The molecular formula is C17H25NO4. The van der Waals surface area contributed by atoms with Gasteiger partial charge in [0.1, 0.15) is 5.75 Å². The molecule has 5 heteroatoms. The summed E-state index contributed by atoms with van der Waals surface area (Å²) in [5, 5.41) is 0. The van der Waals surface area contributed by atoms with Crippen molar-refractivity contribution in [3.63, 3.8) is 0 Å². The number of nitrogens with zero attached hydrogens (tertiary/aromatic N) is 1. The second kappa shape index (κ2) is 7.70. The highest BCUT2D eigenvalue weighted by atomic mass is 16.7. The van der Waals surface area contributed by atoms with E-state index in [0.29, 0.717) is 6.79 Å². The van der Waals surface area contributed by atoms with Gasteiger partial charge in [0, 0.05) is 19.2 Å². The lowest BCUT2D eigenvalue weighted by molar-refractivity contribution is 0.0368. The SMILES string of the molecule is CCc1cc2c(cc1OCCCCN1CCOCC1)OCO2. The second-order valence-corrected chi connectivity index (χ2v) is 5.68. The van der Waals surface area contributed by atoms with Crippen molar-refractivity contribution in [2.45, 2.75) is 26.2 Å². The van der Waals surface area contributed by atoms with Crippen LogP contribution in [0.4, 0.5) is 0 Å². The van der Waals surface area contributed by atoms with Gasteiger partial charge in [-0.2, -0.15) is 0 Å². The van der Waals surface area contributed by atoms with Gasteiger partial charge in [0.15, 0.2) is 11.5 Å². The van der Waals surface area contributed by atoms with Gasteiger partial charge in [-0.25, -0.2) is 0 Å². The summed E-state index contributed by atoms with van der Waals surface area (Å²) in [6, 6.07) is 3.99.